The molecule has 1 aliphatic heterocycles. The number of para-hydroxylation sites is 1. The van der Waals surface area contributed by atoms with Crippen molar-refractivity contribution >= 4 is 5.91 Å². The molecule has 2 unspecified atom stereocenters. The Hall–Kier alpha value is -1.59. The van der Waals surface area contributed by atoms with Crippen molar-refractivity contribution in [1.82, 2.24) is 5.32 Å². The van der Waals surface area contributed by atoms with Gasteiger partial charge < -0.3 is 19.9 Å². The lowest BCUT2D eigenvalue weighted by atomic mass is 9.97. The highest BCUT2D eigenvalue weighted by Crippen LogP contribution is 2.24. The molecule has 1 aromatic rings. The van der Waals surface area contributed by atoms with Crippen LogP contribution in [0, 0.1) is 6.92 Å². The smallest absolute Gasteiger partial charge is 0.258 e. The highest BCUT2D eigenvalue weighted by atomic mass is 16.5. The third kappa shape index (κ3) is 3.49. The first kappa shape index (κ1) is 14.8. The molecule has 110 valence electrons. The Morgan fingerprint density at radius 2 is 2.30 bits per heavy atom. The van der Waals surface area contributed by atoms with Crippen LogP contribution < -0.4 is 10.1 Å². The molecule has 2 N–H and O–H groups in total. The van der Waals surface area contributed by atoms with Crippen molar-refractivity contribution in [2.24, 2.45) is 0 Å². The molecule has 1 aliphatic rings. The quantitative estimate of drug-likeness (QED) is 0.845. The first-order valence-corrected chi connectivity index (χ1v) is 6.80. The van der Waals surface area contributed by atoms with Crippen molar-refractivity contribution in [2.75, 3.05) is 19.8 Å². The summed E-state index contributed by atoms with van der Waals surface area (Å²) in [7, 11) is 0. The number of amides is 1. The van der Waals surface area contributed by atoms with E-state index in [1.807, 2.05) is 38.1 Å². The fourth-order valence-electron chi connectivity index (χ4n) is 2.17. The Morgan fingerprint density at radius 1 is 1.55 bits per heavy atom. The Labute approximate surface area is 118 Å². The molecule has 1 heterocycles. The van der Waals surface area contributed by atoms with Crippen LogP contribution in [0.25, 0.3) is 0 Å². The summed E-state index contributed by atoms with van der Waals surface area (Å²) < 4.78 is 10.8. The minimum Gasteiger partial charge on any atom is -0.484 e. The van der Waals surface area contributed by atoms with Gasteiger partial charge in [-0.2, -0.15) is 0 Å². The van der Waals surface area contributed by atoms with Gasteiger partial charge in [0.1, 0.15) is 11.4 Å². The largest absolute Gasteiger partial charge is 0.484 e. The van der Waals surface area contributed by atoms with Gasteiger partial charge in [0.25, 0.3) is 5.91 Å². The van der Waals surface area contributed by atoms with Gasteiger partial charge in [-0.15, -0.1) is 0 Å². The van der Waals surface area contributed by atoms with Crippen LogP contribution in [0.1, 0.15) is 18.9 Å². The zero-order chi connectivity index (χ0) is 14.6. The number of aliphatic hydroxyl groups is 1. The van der Waals surface area contributed by atoms with Crippen molar-refractivity contribution in [3.05, 3.63) is 29.8 Å². The second kappa shape index (κ2) is 6.24. The molecule has 0 bridgehead atoms. The van der Waals surface area contributed by atoms with E-state index in [0.717, 1.165) is 5.56 Å². The SMILES string of the molecule is Cc1ccccc1OCC(=O)NCC1(O)CCOC1C. The average Bonchev–Trinajstić information content (AvgIpc) is 2.76. The summed E-state index contributed by atoms with van der Waals surface area (Å²) in [5.74, 6) is 0.444. The minimum absolute atomic E-state index is 0.0594. The van der Waals surface area contributed by atoms with Crippen LogP contribution in [0.3, 0.4) is 0 Å². The van der Waals surface area contributed by atoms with E-state index in [1.54, 1.807) is 0 Å². The van der Waals surface area contributed by atoms with E-state index >= 15 is 0 Å². The van der Waals surface area contributed by atoms with Gasteiger partial charge in [-0.1, -0.05) is 18.2 Å². The second-order valence-electron chi connectivity index (χ2n) is 5.20. The molecule has 0 aromatic heterocycles. The number of aryl methyl sites for hydroxylation is 1. The number of hydrogen-bond donors (Lipinski definition) is 2. The summed E-state index contributed by atoms with van der Waals surface area (Å²) in [6.45, 7) is 4.38. The molecular formula is C15H21NO4. The lowest BCUT2D eigenvalue weighted by molar-refractivity contribution is -0.124. The first-order valence-electron chi connectivity index (χ1n) is 6.80. The topological polar surface area (TPSA) is 67.8 Å². The predicted molar refractivity (Wildman–Crippen MR) is 74.7 cm³/mol. The molecule has 0 aliphatic carbocycles. The third-order valence-corrected chi connectivity index (χ3v) is 3.70. The van der Waals surface area contributed by atoms with Gasteiger partial charge in [-0.05, 0) is 25.5 Å². The van der Waals surface area contributed by atoms with E-state index in [4.69, 9.17) is 9.47 Å². The van der Waals surface area contributed by atoms with E-state index in [-0.39, 0.29) is 25.2 Å². The fraction of sp³-hybridized carbons (Fsp3) is 0.533. The molecule has 0 radical (unpaired) electrons. The number of carbonyl (C=O) groups excluding carboxylic acids is 1. The van der Waals surface area contributed by atoms with Gasteiger partial charge in [-0.25, -0.2) is 0 Å². The van der Waals surface area contributed by atoms with E-state index in [0.29, 0.717) is 18.8 Å². The van der Waals surface area contributed by atoms with Gasteiger partial charge in [0.05, 0.1) is 6.10 Å². The highest BCUT2D eigenvalue weighted by molar-refractivity contribution is 5.77. The summed E-state index contributed by atoms with van der Waals surface area (Å²) in [5.41, 5.74) is 0.00921. The van der Waals surface area contributed by atoms with Crippen LogP contribution in [0.4, 0.5) is 0 Å². The lowest BCUT2D eigenvalue weighted by Gasteiger charge is -2.26. The molecule has 2 rings (SSSR count). The maximum absolute atomic E-state index is 11.7. The van der Waals surface area contributed by atoms with Crippen molar-refractivity contribution in [1.29, 1.82) is 0 Å². The average molecular weight is 279 g/mol. The Kier molecular flexibility index (Phi) is 4.62. The third-order valence-electron chi connectivity index (χ3n) is 3.70. The van der Waals surface area contributed by atoms with E-state index in [9.17, 15) is 9.90 Å². The van der Waals surface area contributed by atoms with Crippen LogP contribution in [-0.4, -0.2) is 42.5 Å². The summed E-state index contributed by atoms with van der Waals surface area (Å²) >= 11 is 0. The molecule has 1 saturated heterocycles. The van der Waals surface area contributed by atoms with Gasteiger partial charge in [0.2, 0.25) is 0 Å². The summed E-state index contributed by atoms with van der Waals surface area (Å²) in [5, 5.41) is 12.9. The summed E-state index contributed by atoms with van der Waals surface area (Å²) in [6, 6.07) is 7.52. The molecule has 5 nitrogen and oxygen atoms in total. The van der Waals surface area contributed by atoms with Crippen molar-refractivity contribution in [3.63, 3.8) is 0 Å². The van der Waals surface area contributed by atoms with Crippen molar-refractivity contribution in [2.45, 2.75) is 32.0 Å². The number of rotatable bonds is 5. The molecule has 2 atom stereocenters. The van der Waals surface area contributed by atoms with Gasteiger partial charge in [-0.3, -0.25) is 4.79 Å². The Bertz CT molecular complexity index is 477. The molecule has 0 saturated carbocycles. The maximum Gasteiger partial charge on any atom is 0.258 e. The van der Waals surface area contributed by atoms with Crippen LogP contribution in [-0.2, 0) is 9.53 Å². The van der Waals surface area contributed by atoms with Gasteiger partial charge in [0, 0.05) is 19.6 Å². The molecule has 1 fully saturated rings. The monoisotopic (exact) mass is 279 g/mol. The number of ether oxygens (including phenoxy) is 2. The zero-order valence-electron chi connectivity index (χ0n) is 11.9. The van der Waals surface area contributed by atoms with E-state index < -0.39 is 5.60 Å². The standard InChI is InChI=1S/C15H21NO4/c1-11-5-3-4-6-13(11)20-9-14(17)16-10-15(18)7-8-19-12(15)2/h3-6,12,18H,7-10H2,1-2H3,(H,16,17). The van der Waals surface area contributed by atoms with Crippen molar-refractivity contribution < 1.29 is 19.4 Å². The highest BCUT2D eigenvalue weighted by Gasteiger charge is 2.39. The molecular weight excluding hydrogens is 258 g/mol. The summed E-state index contributed by atoms with van der Waals surface area (Å²) in [4.78, 5) is 11.7. The molecule has 5 heteroatoms. The number of nitrogens with one attached hydrogen (secondary N) is 1. The second-order valence-corrected chi connectivity index (χ2v) is 5.20. The normalized spacial score (nSPS) is 25.4. The van der Waals surface area contributed by atoms with Crippen molar-refractivity contribution in [3.8, 4) is 5.75 Å². The number of benzene rings is 1. The van der Waals surface area contributed by atoms with Crippen LogP contribution in [0.15, 0.2) is 24.3 Å². The van der Waals surface area contributed by atoms with E-state index in [2.05, 4.69) is 5.32 Å². The fourth-order valence-corrected chi connectivity index (χ4v) is 2.17. The molecule has 1 aromatic carbocycles. The summed E-state index contributed by atoms with van der Waals surface area (Å²) in [6.07, 6.45) is 0.271. The first-order chi connectivity index (χ1) is 9.51. The Morgan fingerprint density at radius 3 is 2.95 bits per heavy atom. The van der Waals surface area contributed by atoms with Crippen LogP contribution in [0.2, 0.25) is 0 Å². The molecule has 1 amide bonds. The number of carbonyl (C=O) groups is 1. The number of hydrogen-bond acceptors (Lipinski definition) is 4. The van der Waals surface area contributed by atoms with Gasteiger partial charge in [0.15, 0.2) is 6.61 Å². The predicted octanol–water partition coefficient (Wildman–Crippen LogP) is 1.03. The Balaban J connectivity index is 1.77. The molecule has 0 spiro atoms. The van der Waals surface area contributed by atoms with Crippen LogP contribution >= 0.6 is 0 Å². The van der Waals surface area contributed by atoms with E-state index in [1.165, 1.54) is 0 Å². The zero-order valence-corrected chi connectivity index (χ0v) is 11.9. The maximum atomic E-state index is 11.7. The van der Waals surface area contributed by atoms with Gasteiger partial charge >= 0.3 is 0 Å². The lowest BCUT2D eigenvalue weighted by Crippen LogP contribution is -2.48. The minimum atomic E-state index is -0.974. The molecule has 20 heavy (non-hydrogen) atoms. The van der Waals surface area contributed by atoms with Crippen LogP contribution in [0.5, 0.6) is 5.75 Å².